The summed E-state index contributed by atoms with van der Waals surface area (Å²) in [7, 11) is 2.49. The fourth-order valence-corrected chi connectivity index (χ4v) is 5.26. The SMILES string of the molecule is COC(=O)[C@H]1[C@@H]2C=C[C@@H]([C@@H]1C(=O)OC)[C@H]1[C@@H](C(=O)NN)[C@@H](C(=O)NN)[C@H]21. The normalized spacial score (nSPS) is 39.2. The molecule has 6 N–H and O–H groups in total. The maximum atomic E-state index is 12.4. The molecule has 0 saturated heterocycles. The van der Waals surface area contributed by atoms with Crippen molar-refractivity contribution in [2.75, 3.05) is 14.2 Å². The predicted molar refractivity (Wildman–Crippen MR) is 85.8 cm³/mol. The average molecular weight is 366 g/mol. The van der Waals surface area contributed by atoms with Gasteiger partial charge in [-0.2, -0.15) is 0 Å². The summed E-state index contributed by atoms with van der Waals surface area (Å²) in [6.07, 6.45) is 3.64. The van der Waals surface area contributed by atoms with Gasteiger partial charge in [0.25, 0.3) is 0 Å². The zero-order chi connectivity index (χ0) is 19.2. The van der Waals surface area contributed by atoms with Crippen LogP contribution in [0.5, 0.6) is 0 Å². The van der Waals surface area contributed by atoms with E-state index in [1.807, 2.05) is 12.2 Å². The molecule has 4 aliphatic carbocycles. The predicted octanol–water partition coefficient (Wildman–Crippen LogP) is -2.16. The molecule has 0 aromatic rings. The number of ether oxygens (including phenoxy) is 2. The molecule has 0 heterocycles. The van der Waals surface area contributed by atoms with E-state index in [-0.39, 0.29) is 11.8 Å². The molecule has 4 aliphatic rings. The Bertz CT molecular complexity index is 624. The molecule has 0 aromatic carbocycles. The van der Waals surface area contributed by atoms with Crippen LogP contribution in [0, 0.1) is 47.3 Å². The second-order valence-electron chi connectivity index (χ2n) is 6.86. The Kier molecular flexibility index (Phi) is 4.72. The van der Waals surface area contributed by atoms with Crippen LogP contribution < -0.4 is 22.5 Å². The Hall–Kier alpha value is -2.46. The van der Waals surface area contributed by atoms with Gasteiger partial charge in [0.1, 0.15) is 0 Å². The first-order valence-electron chi connectivity index (χ1n) is 8.27. The highest BCUT2D eigenvalue weighted by Gasteiger charge is 2.70. The van der Waals surface area contributed by atoms with Crippen LogP contribution in [0.25, 0.3) is 0 Å². The van der Waals surface area contributed by atoms with Crippen LogP contribution in [0.2, 0.25) is 0 Å². The molecule has 0 spiro atoms. The maximum absolute atomic E-state index is 12.4. The maximum Gasteiger partial charge on any atom is 0.310 e. The van der Waals surface area contributed by atoms with Crippen molar-refractivity contribution in [3.05, 3.63) is 12.2 Å². The van der Waals surface area contributed by atoms with Crippen molar-refractivity contribution in [2.45, 2.75) is 0 Å². The number of fused-ring (bicyclic) bond motifs is 1. The highest BCUT2D eigenvalue weighted by atomic mass is 16.5. The summed E-state index contributed by atoms with van der Waals surface area (Å²) < 4.78 is 9.77. The van der Waals surface area contributed by atoms with Gasteiger partial charge in [-0.25, -0.2) is 11.7 Å². The first-order valence-corrected chi connectivity index (χ1v) is 8.27. The molecule has 0 unspecified atom stereocenters. The molecule has 8 atom stereocenters. The van der Waals surface area contributed by atoms with Crippen LogP contribution >= 0.6 is 0 Å². The summed E-state index contributed by atoms with van der Waals surface area (Å²) in [5.41, 5.74) is 4.16. The third kappa shape index (κ3) is 2.32. The van der Waals surface area contributed by atoms with E-state index in [9.17, 15) is 19.2 Å². The number of carbonyl (C=O) groups is 4. The molecular formula is C16H22N4O6. The van der Waals surface area contributed by atoms with Crippen molar-refractivity contribution >= 4 is 23.8 Å². The van der Waals surface area contributed by atoms with Gasteiger partial charge < -0.3 is 9.47 Å². The van der Waals surface area contributed by atoms with Gasteiger partial charge in [0.05, 0.1) is 37.9 Å². The number of hydrogen-bond acceptors (Lipinski definition) is 8. The Morgan fingerprint density at radius 3 is 1.35 bits per heavy atom. The number of esters is 2. The van der Waals surface area contributed by atoms with Crippen molar-refractivity contribution in [2.24, 2.45) is 59.0 Å². The number of allylic oxidation sites excluding steroid dienone is 2. The minimum Gasteiger partial charge on any atom is -0.469 e. The first kappa shape index (κ1) is 18.3. The highest BCUT2D eigenvalue weighted by Crippen LogP contribution is 2.64. The summed E-state index contributed by atoms with van der Waals surface area (Å²) in [6.45, 7) is 0. The summed E-state index contributed by atoms with van der Waals surface area (Å²) in [4.78, 5) is 49.4. The Morgan fingerprint density at radius 2 is 1.08 bits per heavy atom. The van der Waals surface area contributed by atoms with Gasteiger partial charge in [-0.1, -0.05) is 12.2 Å². The first-order chi connectivity index (χ1) is 12.4. The number of nitrogens with two attached hydrogens (primary N) is 2. The summed E-state index contributed by atoms with van der Waals surface area (Å²) in [5, 5.41) is 0. The lowest BCUT2D eigenvalue weighted by Gasteiger charge is -2.63. The van der Waals surface area contributed by atoms with E-state index in [1.165, 1.54) is 14.2 Å². The number of hydrogen-bond donors (Lipinski definition) is 4. The summed E-state index contributed by atoms with van der Waals surface area (Å²) in [6, 6.07) is 0. The minimum atomic E-state index is -0.779. The van der Waals surface area contributed by atoms with Crippen LogP contribution in [0.3, 0.4) is 0 Å². The molecule has 142 valence electrons. The van der Waals surface area contributed by atoms with Gasteiger partial charge in [-0.05, 0) is 23.7 Å². The molecule has 10 nitrogen and oxygen atoms in total. The van der Waals surface area contributed by atoms with E-state index in [4.69, 9.17) is 21.2 Å². The largest absolute Gasteiger partial charge is 0.469 e. The monoisotopic (exact) mass is 366 g/mol. The molecule has 0 radical (unpaired) electrons. The van der Waals surface area contributed by atoms with E-state index in [2.05, 4.69) is 10.9 Å². The molecule has 2 amide bonds. The topological polar surface area (TPSA) is 163 Å². The number of amides is 2. The van der Waals surface area contributed by atoms with Crippen molar-refractivity contribution in [1.29, 1.82) is 0 Å². The molecule has 0 aromatic heterocycles. The quantitative estimate of drug-likeness (QED) is 0.144. The lowest BCUT2D eigenvalue weighted by atomic mass is 9.39. The van der Waals surface area contributed by atoms with Crippen LogP contribution in [0.4, 0.5) is 0 Å². The molecule has 10 heteroatoms. The lowest BCUT2D eigenvalue weighted by Crippen LogP contribution is -2.70. The zero-order valence-electron chi connectivity index (χ0n) is 14.4. The van der Waals surface area contributed by atoms with Crippen LogP contribution in [-0.4, -0.2) is 38.0 Å². The minimum absolute atomic E-state index is 0.319. The lowest BCUT2D eigenvalue weighted by molar-refractivity contribution is -0.196. The molecule has 2 saturated carbocycles. The molecule has 2 fully saturated rings. The van der Waals surface area contributed by atoms with Crippen molar-refractivity contribution in [3.8, 4) is 0 Å². The van der Waals surface area contributed by atoms with E-state index in [0.717, 1.165) is 0 Å². The van der Waals surface area contributed by atoms with Crippen LogP contribution in [-0.2, 0) is 28.7 Å². The van der Waals surface area contributed by atoms with Gasteiger partial charge in [-0.15, -0.1) is 0 Å². The van der Waals surface area contributed by atoms with Gasteiger partial charge in [0, 0.05) is 0 Å². The Morgan fingerprint density at radius 1 is 0.731 bits per heavy atom. The number of methoxy groups -OCH3 is 2. The van der Waals surface area contributed by atoms with Crippen molar-refractivity contribution in [1.82, 2.24) is 10.9 Å². The zero-order valence-corrected chi connectivity index (χ0v) is 14.4. The Balaban J connectivity index is 2.05. The number of carbonyl (C=O) groups excluding carboxylic acids is 4. The van der Waals surface area contributed by atoms with E-state index in [0.29, 0.717) is 0 Å². The molecule has 26 heavy (non-hydrogen) atoms. The third-order valence-electron chi connectivity index (χ3n) is 6.16. The molecule has 4 rings (SSSR count). The van der Waals surface area contributed by atoms with Crippen molar-refractivity contribution in [3.63, 3.8) is 0 Å². The van der Waals surface area contributed by atoms with E-state index < -0.39 is 59.3 Å². The van der Waals surface area contributed by atoms with Crippen molar-refractivity contribution < 1.29 is 28.7 Å². The van der Waals surface area contributed by atoms with Gasteiger partial charge >= 0.3 is 11.9 Å². The van der Waals surface area contributed by atoms with Crippen LogP contribution in [0.15, 0.2) is 12.2 Å². The number of rotatable bonds is 4. The summed E-state index contributed by atoms with van der Waals surface area (Å²) in [5.74, 6) is 3.91. The van der Waals surface area contributed by atoms with E-state index in [1.54, 1.807) is 0 Å². The van der Waals surface area contributed by atoms with Crippen LogP contribution in [0.1, 0.15) is 0 Å². The second-order valence-corrected chi connectivity index (χ2v) is 6.86. The summed E-state index contributed by atoms with van der Waals surface area (Å²) >= 11 is 0. The highest BCUT2D eigenvalue weighted by molar-refractivity contribution is 5.91. The molecule has 0 aliphatic heterocycles. The Labute approximate surface area is 149 Å². The average Bonchev–Trinajstić information content (AvgIpc) is 2.65. The van der Waals surface area contributed by atoms with E-state index >= 15 is 0 Å². The fourth-order valence-electron chi connectivity index (χ4n) is 5.26. The smallest absolute Gasteiger partial charge is 0.310 e. The van der Waals surface area contributed by atoms with Gasteiger partial charge in [0.2, 0.25) is 11.8 Å². The molecule has 2 bridgehead atoms. The third-order valence-corrected chi connectivity index (χ3v) is 6.16. The number of hydrazine groups is 2. The number of nitrogens with one attached hydrogen (secondary N) is 2. The second kappa shape index (κ2) is 6.69. The van der Waals surface area contributed by atoms with Gasteiger partial charge in [-0.3, -0.25) is 30.0 Å². The fraction of sp³-hybridized carbons (Fsp3) is 0.625. The molecular weight excluding hydrogens is 344 g/mol. The standard InChI is InChI=1S/C16H22N4O6/c1-25-15(23)9-5-3-4-6(10(9)16(24)26-2)8-7(5)11(13(21)19-17)12(8)14(22)20-18/h3-12H,17-18H2,1-2H3,(H,19,21)(H,20,22)/t5-,6-,7-,8-,9+,10+,11-,12+/m1/s1. The van der Waals surface area contributed by atoms with Gasteiger partial charge in [0.15, 0.2) is 0 Å².